The summed E-state index contributed by atoms with van der Waals surface area (Å²) in [6.45, 7) is 7.29. The normalized spacial score (nSPS) is 14.3. The van der Waals surface area contributed by atoms with Crippen molar-refractivity contribution < 1.29 is 80.2 Å². The number of ether oxygens (including phenoxy) is 4. The van der Waals surface area contributed by atoms with Crippen molar-refractivity contribution in [2.75, 3.05) is 39.6 Å². The van der Waals surface area contributed by atoms with E-state index in [1.54, 1.807) is 0 Å². The molecule has 0 fully saturated rings. The molecule has 17 nitrogen and oxygen atoms in total. The molecule has 3 N–H and O–H groups in total. The Morgan fingerprint density at radius 1 is 0.308 bits per heavy atom. The first-order valence-electron chi connectivity index (χ1n) is 37.7. The molecule has 0 aromatic heterocycles. The van der Waals surface area contributed by atoms with Gasteiger partial charge in [0.05, 0.1) is 26.4 Å². The van der Waals surface area contributed by atoms with Crippen LogP contribution in [0.15, 0.2) is 0 Å². The predicted octanol–water partition coefficient (Wildman–Crippen LogP) is 20.9. The molecule has 6 atom stereocenters. The summed E-state index contributed by atoms with van der Waals surface area (Å²) in [4.78, 5) is 72.4. The third kappa shape index (κ3) is 65.1. The zero-order valence-electron chi connectivity index (χ0n) is 59.0. The first-order chi connectivity index (χ1) is 44.1. The molecule has 0 aliphatic rings. The zero-order chi connectivity index (χ0) is 67.0. The molecule has 0 amide bonds. The lowest BCUT2D eigenvalue weighted by Crippen LogP contribution is -2.30. The van der Waals surface area contributed by atoms with E-state index in [2.05, 4.69) is 34.6 Å². The number of esters is 4. The van der Waals surface area contributed by atoms with Gasteiger partial charge in [-0.3, -0.25) is 37.3 Å². The van der Waals surface area contributed by atoms with Gasteiger partial charge >= 0.3 is 39.5 Å². The summed E-state index contributed by atoms with van der Waals surface area (Å²) in [6, 6.07) is 0. The third-order valence-electron chi connectivity index (χ3n) is 17.1. The largest absolute Gasteiger partial charge is 0.472 e. The third-order valence-corrected chi connectivity index (χ3v) is 19.0. The van der Waals surface area contributed by atoms with E-state index in [9.17, 15) is 43.2 Å². The quantitative estimate of drug-likeness (QED) is 0.0222. The summed E-state index contributed by atoms with van der Waals surface area (Å²) < 4.78 is 68.2. The molecule has 0 bridgehead atoms. The van der Waals surface area contributed by atoms with Crippen molar-refractivity contribution in [3.8, 4) is 0 Å². The number of aliphatic hydroxyl groups excluding tert-OH is 1. The van der Waals surface area contributed by atoms with Crippen molar-refractivity contribution in [1.82, 2.24) is 0 Å². The number of rotatable bonds is 72. The van der Waals surface area contributed by atoms with Crippen LogP contribution in [0.3, 0.4) is 0 Å². The second-order valence-electron chi connectivity index (χ2n) is 26.2. The van der Waals surface area contributed by atoms with Crippen LogP contribution in [0.1, 0.15) is 375 Å². The van der Waals surface area contributed by atoms with Gasteiger partial charge in [0.15, 0.2) is 12.2 Å². The molecule has 0 radical (unpaired) electrons. The number of hydrogen-bond acceptors (Lipinski definition) is 15. The fourth-order valence-corrected chi connectivity index (χ4v) is 12.5. The molecule has 0 rings (SSSR count). The summed E-state index contributed by atoms with van der Waals surface area (Å²) >= 11 is 0. The summed E-state index contributed by atoms with van der Waals surface area (Å²) in [7, 11) is -9.89. The van der Waals surface area contributed by atoms with Crippen LogP contribution in [0.25, 0.3) is 0 Å². The Balaban J connectivity index is 5.12. The number of hydrogen-bond donors (Lipinski definition) is 3. The van der Waals surface area contributed by atoms with E-state index >= 15 is 0 Å². The topological polar surface area (TPSA) is 237 Å². The minimum atomic E-state index is -4.95. The molecule has 0 aliphatic heterocycles. The van der Waals surface area contributed by atoms with Crippen molar-refractivity contribution in [3.05, 3.63) is 0 Å². The first-order valence-corrected chi connectivity index (χ1v) is 40.7. The fourth-order valence-electron chi connectivity index (χ4n) is 11.0. The van der Waals surface area contributed by atoms with Crippen molar-refractivity contribution in [2.24, 2.45) is 5.92 Å². The van der Waals surface area contributed by atoms with Crippen LogP contribution in [0.4, 0.5) is 0 Å². The molecule has 0 aromatic carbocycles. The summed E-state index contributed by atoms with van der Waals surface area (Å²) in [5, 5.41) is 10.6. The molecule has 91 heavy (non-hydrogen) atoms. The Bertz CT molecular complexity index is 1760. The molecule has 0 aromatic rings. The van der Waals surface area contributed by atoms with Crippen molar-refractivity contribution in [3.63, 3.8) is 0 Å². The van der Waals surface area contributed by atoms with Crippen LogP contribution >= 0.6 is 15.6 Å². The summed E-state index contributed by atoms with van der Waals surface area (Å²) in [5.74, 6) is -1.25. The Hall–Kier alpha value is -1.94. The van der Waals surface area contributed by atoms with Gasteiger partial charge in [-0.1, -0.05) is 324 Å². The van der Waals surface area contributed by atoms with Gasteiger partial charge in [0, 0.05) is 25.7 Å². The molecule has 0 aliphatic carbocycles. The average molecular weight is 1340 g/mol. The standard InChI is InChI=1S/C72H140O17P2/c1-6-10-13-16-19-22-31-37-41-46-51-56-70(75)83-62-68(89-72(77)58-53-48-43-38-33-30-28-26-24-23-25-27-29-32-36-39-44-49-54-65(5)9-4)64-87-91(80,81)85-60-66(73)59-84-90(78,79)86-63-67(88-71(76)57-52-47-42-35-21-18-15-12-8-3)61-82-69(74)55-50-45-40-34-20-17-14-11-7-2/h65-68,73H,6-64H2,1-5H3,(H,78,79)(H,80,81)/t65?,66-,67+,68+/m0/s1. The maximum absolute atomic E-state index is 13.0. The molecule has 540 valence electrons. The summed E-state index contributed by atoms with van der Waals surface area (Å²) in [5.41, 5.74) is 0. The number of carbonyl (C=O) groups is 4. The van der Waals surface area contributed by atoms with Crippen LogP contribution < -0.4 is 0 Å². The van der Waals surface area contributed by atoms with Crippen molar-refractivity contribution in [1.29, 1.82) is 0 Å². The van der Waals surface area contributed by atoms with E-state index in [-0.39, 0.29) is 25.7 Å². The van der Waals surface area contributed by atoms with Gasteiger partial charge in [0.25, 0.3) is 0 Å². The van der Waals surface area contributed by atoms with Gasteiger partial charge in [-0.15, -0.1) is 0 Å². The molecule has 0 heterocycles. The van der Waals surface area contributed by atoms with E-state index < -0.39 is 97.5 Å². The number of phosphoric ester groups is 2. The molecule has 0 saturated heterocycles. The lowest BCUT2D eigenvalue weighted by Gasteiger charge is -2.21. The Morgan fingerprint density at radius 3 is 0.780 bits per heavy atom. The molecule has 0 saturated carbocycles. The molecule has 0 spiro atoms. The van der Waals surface area contributed by atoms with Gasteiger partial charge in [-0.05, 0) is 31.6 Å². The van der Waals surface area contributed by atoms with Crippen LogP contribution in [0, 0.1) is 5.92 Å². The lowest BCUT2D eigenvalue weighted by molar-refractivity contribution is -0.161. The smallest absolute Gasteiger partial charge is 0.462 e. The number of carbonyl (C=O) groups excluding carboxylic acids is 4. The second kappa shape index (κ2) is 65.4. The highest BCUT2D eigenvalue weighted by Gasteiger charge is 2.30. The Kier molecular flexibility index (Phi) is 64.0. The van der Waals surface area contributed by atoms with Crippen LogP contribution in [0.5, 0.6) is 0 Å². The maximum Gasteiger partial charge on any atom is 0.472 e. The summed E-state index contributed by atoms with van der Waals surface area (Å²) in [6.07, 6.45) is 52.8. The molecule has 3 unspecified atom stereocenters. The van der Waals surface area contributed by atoms with E-state index in [4.69, 9.17) is 37.0 Å². The van der Waals surface area contributed by atoms with E-state index in [0.29, 0.717) is 25.7 Å². The van der Waals surface area contributed by atoms with Crippen LogP contribution in [-0.2, 0) is 65.4 Å². The van der Waals surface area contributed by atoms with E-state index in [1.807, 2.05) is 0 Å². The van der Waals surface area contributed by atoms with E-state index in [0.717, 1.165) is 95.8 Å². The van der Waals surface area contributed by atoms with Crippen LogP contribution in [0.2, 0.25) is 0 Å². The van der Waals surface area contributed by atoms with Crippen LogP contribution in [-0.4, -0.2) is 96.7 Å². The first kappa shape index (κ1) is 89.1. The van der Waals surface area contributed by atoms with E-state index in [1.165, 1.54) is 199 Å². The molecule has 19 heteroatoms. The highest BCUT2D eigenvalue weighted by Crippen LogP contribution is 2.45. The average Bonchev–Trinajstić information content (AvgIpc) is 3.23. The number of phosphoric acid groups is 2. The second-order valence-corrected chi connectivity index (χ2v) is 29.1. The predicted molar refractivity (Wildman–Crippen MR) is 368 cm³/mol. The number of unbranched alkanes of at least 4 members (excludes halogenated alkanes) is 43. The Morgan fingerprint density at radius 2 is 0.527 bits per heavy atom. The maximum atomic E-state index is 13.0. The monoisotopic (exact) mass is 1340 g/mol. The SMILES string of the molecule is CCCCCCCCCCCCCC(=O)OC[C@H](COP(=O)(O)OC[C@@H](O)COP(=O)(O)OC[C@@H](COC(=O)CCCCCCCCCCC)OC(=O)CCCCCCCCCCC)OC(=O)CCCCCCCCCCCCCCCCCCCCC(C)CC. The van der Waals surface area contributed by atoms with Gasteiger partial charge < -0.3 is 33.8 Å². The lowest BCUT2D eigenvalue weighted by atomic mass is 9.99. The van der Waals surface area contributed by atoms with Crippen molar-refractivity contribution in [2.45, 2.75) is 393 Å². The molecular weight excluding hydrogens is 1200 g/mol. The highest BCUT2D eigenvalue weighted by atomic mass is 31.2. The van der Waals surface area contributed by atoms with Gasteiger partial charge in [-0.25, -0.2) is 9.13 Å². The Labute approximate surface area is 556 Å². The van der Waals surface area contributed by atoms with Gasteiger partial charge in [0.2, 0.25) is 0 Å². The minimum Gasteiger partial charge on any atom is -0.462 e. The zero-order valence-corrected chi connectivity index (χ0v) is 60.8. The van der Waals surface area contributed by atoms with Crippen molar-refractivity contribution >= 4 is 39.5 Å². The minimum absolute atomic E-state index is 0.106. The molecular formula is C72H140O17P2. The van der Waals surface area contributed by atoms with Gasteiger partial charge in [-0.2, -0.15) is 0 Å². The van der Waals surface area contributed by atoms with Gasteiger partial charge in [0.1, 0.15) is 19.3 Å². The highest BCUT2D eigenvalue weighted by molar-refractivity contribution is 7.47. The fraction of sp³-hybridized carbons (Fsp3) is 0.944. The number of aliphatic hydroxyl groups is 1.